The standard InChI is InChI=1S/C29H24N3P/c1-31-25-19-11-9-17-23(25)28(27(31)29-30-24-18-10-12-20-26(24)32(29)2)33(21-13-5-3-6-14-21)22-15-7-4-8-16-22/h3-20H,1-2H3. The van der Waals surface area contributed by atoms with Crippen LogP contribution in [0.15, 0.2) is 109 Å². The molecule has 160 valence electrons. The van der Waals surface area contributed by atoms with E-state index in [9.17, 15) is 0 Å². The number of para-hydroxylation sites is 3. The van der Waals surface area contributed by atoms with Crippen LogP contribution in [-0.4, -0.2) is 14.1 Å². The summed E-state index contributed by atoms with van der Waals surface area (Å²) in [6.07, 6.45) is 0. The first kappa shape index (κ1) is 20.0. The lowest BCUT2D eigenvalue weighted by Crippen LogP contribution is -2.22. The molecule has 3 nitrogen and oxygen atoms in total. The predicted molar refractivity (Wildman–Crippen MR) is 141 cm³/mol. The highest BCUT2D eigenvalue weighted by molar-refractivity contribution is 7.80. The van der Waals surface area contributed by atoms with Crippen LogP contribution < -0.4 is 15.9 Å². The van der Waals surface area contributed by atoms with Crippen molar-refractivity contribution in [2.45, 2.75) is 0 Å². The van der Waals surface area contributed by atoms with Crippen LogP contribution in [0.2, 0.25) is 0 Å². The van der Waals surface area contributed by atoms with Gasteiger partial charge in [-0.1, -0.05) is 91.0 Å². The summed E-state index contributed by atoms with van der Waals surface area (Å²) in [5.41, 5.74) is 4.59. The zero-order chi connectivity index (χ0) is 22.4. The number of hydrogen-bond acceptors (Lipinski definition) is 1. The van der Waals surface area contributed by atoms with Crippen molar-refractivity contribution in [2.24, 2.45) is 14.1 Å². The smallest absolute Gasteiger partial charge is 0.158 e. The van der Waals surface area contributed by atoms with Gasteiger partial charge in [0, 0.05) is 30.3 Å². The van der Waals surface area contributed by atoms with Gasteiger partial charge in [0.1, 0.15) is 0 Å². The minimum atomic E-state index is -0.785. The molecule has 0 saturated carbocycles. The molecule has 6 rings (SSSR count). The molecule has 2 aromatic heterocycles. The zero-order valence-corrected chi connectivity index (χ0v) is 19.6. The molecule has 0 bridgehead atoms. The van der Waals surface area contributed by atoms with Gasteiger partial charge in [0.2, 0.25) is 0 Å². The summed E-state index contributed by atoms with van der Waals surface area (Å²) in [6, 6.07) is 39.0. The largest absolute Gasteiger partial charge is 0.341 e. The third kappa shape index (κ3) is 3.20. The van der Waals surface area contributed by atoms with Gasteiger partial charge in [-0.2, -0.15) is 0 Å². The molecular weight excluding hydrogens is 421 g/mol. The molecule has 0 atom stereocenters. The van der Waals surface area contributed by atoms with Crippen LogP contribution in [0.1, 0.15) is 0 Å². The zero-order valence-electron chi connectivity index (χ0n) is 18.7. The molecule has 0 amide bonds. The van der Waals surface area contributed by atoms with E-state index in [-0.39, 0.29) is 0 Å². The first-order valence-electron chi connectivity index (χ1n) is 11.1. The first-order valence-corrected chi connectivity index (χ1v) is 12.5. The first-order chi connectivity index (χ1) is 16.2. The van der Waals surface area contributed by atoms with Crippen molar-refractivity contribution in [3.05, 3.63) is 109 Å². The molecule has 33 heavy (non-hydrogen) atoms. The molecular formula is C29H24N3P. The van der Waals surface area contributed by atoms with Crippen molar-refractivity contribution in [3.8, 4) is 11.5 Å². The van der Waals surface area contributed by atoms with Crippen LogP contribution >= 0.6 is 7.92 Å². The average molecular weight is 446 g/mol. The molecule has 0 spiro atoms. The van der Waals surface area contributed by atoms with Gasteiger partial charge in [-0.15, -0.1) is 0 Å². The molecule has 4 heteroatoms. The third-order valence-electron chi connectivity index (χ3n) is 6.33. The lowest BCUT2D eigenvalue weighted by molar-refractivity contribution is 0.909. The minimum absolute atomic E-state index is 0.785. The number of benzene rings is 4. The number of imidazole rings is 1. The van der Waals surface area contributed by atoms with E-state index in [4.69, 9.17) is 4.98 Å². The Bertz CT molecular complexity index is 1540. The van der Waals surface area contributed by atoms with E-state index >= 15 is 0 Å². The average Bonchev–Trinajstić information content (AvgIpc) is 3.35. The van der Waals surface area contributed by atoms with E-state index in [1.807, 2.05) is 0 Å². The van der Waals surface area contributed by atoms with Crippen molar-refractivity contribution in [1.29, 1.82) is 0 Å². The van der Waals surface area contributed by atoms with Crippen LogP contribution in [0.25, 0.3) is 33.5 Å². The van der Waals surface area contributed by atoms with Gasteiger partial charge >= 0.3 is 0 Å². The van der Waals surface area contributed by atoms with Crippen molar-refractivity contribution >= 4 is 45.8 Å². The maximum absolute atomic E-state index is 5.12. The second-order valence-corrected chi connectivity index (χ2v) is 10.4. The number of fused-ring (bicyclic) bond motifs is 2. The molecule has 0 fully saturated rings. The van der Waals surface area contributed by atoms with Crippen molar-refractivity contribution < 1.29 is 0 Å². The summed E-state index contributed by atoms with van der Waals surface area (Å²) < 4.78 is 4.56. The summed E-state index contributed by atoms with van der Waals surface area (Å²) in [4.78, 5) is 5.12. The maximum Gasteiger partial charge on any atom is 0.158 e. The van der Waals surface area contributed by atoms with E-state index in [0.29, 0.717) is 0 Å². The quantitative estimate of drug-likeness (QED) is 0.329. The molecule has 0 aliphatic carbocycles. The summed E-state index contributed by atoms with van der Waals surface area (Å²) in [5, 5.41) is 5.34. The van der Waals surface area contributed by atoms with E-state index in [1.54, 1.807) is 0 Å². The molecule has 0 aliphatic heterocycles. The van der Waals surface area contributed by atoms with Crippen LogP contribution in [-0.2, 0) is 14.1 Å². The van der Waals surface area contributed by atoms with Crippen molar-refractivity contribution in [3.63, 3.8) is 0 Å². The highest BCUT2D eigenvalue weighted by Gasteiger charge is 2.28. The van der Waals surface area contributed by atoms with E-state index in [2.05, 4.69) is 132 Å². The number of aryl methyl sites for hydroxylation is 2. The Morgan fingerprint density at radius 3 is 1.76 bits per heavy atom. The fraction of sp³-hybridized carbons (Fsp3) is 0.0690. The summed E-state index contributed by atoms with van der Waals surface area (Å²) in [7, 11) is 3.51. The van der Waals surface area contributed by atoms with E-state index in [1.165, 1.54) is 32.5 Å². The summed E-state index contributed by atoms with van der Waals surface area (Å²) >= 11 is 0. The van der Waals surface area contributed by atoms with Gasteiger partial charge in [0.15, 0.2) is 5.82 Å². The Morgan fingerprint density at radius 1 is 0.576 bits per heavy atom. The Balaban J connectivity index is 1.74. The predicted octanol–water partition coefficient (Wildman–Crippen LogP) is 5.49. The fourth-order valence-corrected chi connectivity index (χ4v) is 7.42. The number of rotatable bonds is 4. The Morgan fingerprint density at radius 2 is 1.12 bits per heavy atom. The van der Waals surface area contributed by atoms with Gasteiger partial charge in [0.25, 0.3) is 0 Å². The van der Waals surface area contributed by atoms with Crippen LogP contribution in [0.3, 0.4) is 0 Å². The summed E-state index contributed by atoms with van der Waals surface area (Å²) in [5.74, 6) is 1.00. The molecule has 4 aromatic carbocycles. The Kier molecular flexibility index (Phi) is 4.86. The number of aromatic nitrogens is 3. The third-order valence-corrected chi connectivity index (χ3v) is 8.86. The van der Waals surface area contributed by atoms with Crippen LogP contribution in [0.5, 0.6) is 0 Å². The number of nitrogens with zero attached hydrogens (tertiary/aromatic N) is 3. The van der Waals surface area contributed by atoms with Crippen molar-refractivity contribution in [2.75, 3.05) is 0 Å². The molecule has 0 radical (unpaired) electrons. The highest BCUT2D eigenvalue weighted by atomic mass is 31.1. The van der Waals surface area contributed by atoms with Crippen LogP contribution in [0, 0.1) is 0 Å². The topological polar surface area (TPSA) is 22.8 Å². The SMILES string of the molecule is Cn1c(-c2c(P(c3ccccc3)c3ccccc3)c3ccccc3n2C)nc2ccccc21. The van der Waals surface area contributed by atoms with E-state index < -0.39 is 7.92 Å². The maximum atomic E-state index is 5.12. The summed E-state index contributed by atoms with van der Waals surface area (Å²) in [6.45, 7) is 0. The molecule has 0 N–H and O–H groups in total. The van der Waals surface area contributed by atoms with Crippen molar-refractivity contribution in [1.82, 2.24) is 14.1 Å². The van der Waals surface area contributed by atoms with Gasteiger partial charge < -0.3 is 9.13 Å². The lowest BCUT2D eigenvalue weighted by atomic mass is 10.2. The normalized spacial score (nSPS) is 11.6. The second kappa shape index (κ2) is 8.03. The van der Waals surface area contributed by atoms with Gasteiger partial charge in [-0.05, 0) is 36.7 Å². The fourth-order valence-electron chi connectivity index (χ4n) is 4.77. The minimum Gasteiger partial charge on any atom is -0.341 e. The second-order valence-electron chi connectivity index (χ2n) is 8.26. The van der Waals surface area contributed by atoms with Gasteiger partial charge in [0.05, 0.1) is 16.7 Å². The molecule has 0 aliphatic rings. The Labute approximate surface area is 194 Å². The molecule has 0 saturated heterocycles. The number of hydrogen-bond donors (Lipinski definition) is 0. The molecule has 0 unspecified atom stereocenters. The van der Waals surface area contributed by atoms with E-state index in [0.717, 1.165) is 16.9 Å². The monoisotopic (exact) mass is 445 g/mol. The van der Waals surface area contributed by atoms with Gasteiger partial charge in [-0.3, -0.25) is 0 Å². The molecule has 6 aromatic rings. The Hall–Kier alpha value is -3.68. The highest BCUT2D eigenvalue weighted by Crippen LogP contribution is 2.41. The molecule has 2 heterocycles. The van der Waals surface area contributed by atoms with Crippen LogP contribution in [0.4, 0.5) is 0 Å². The van der Waals surface area contributed by atoms with Gasteiger partial charge in [-0.25, -0.2) is 4.98 Å². The lowest BCUT2D eigenvalue weighted by Gasteiger charge is -2.21.